The smallest absolute Gasteiger partial charge is 0.233 e. The molecule has 0 aromatic carbocycles. The van der Waals surface area contributed by atoms with Gasteiger partial charge in [0.15, 0.2) is 0 Å². The van der Waals surface area contributed by atoms with E-state index in [0.29, 0.717) is 13.2 Å². The van der Waals surface area contributed by atoms with Crippen molar-refractivity contribution >= 4 is 29.3 Å². The van der Waals surface area contributed by atoms with Crippen LogP contribution in [0.1, 0.15) is 25.7 Å². The summed E-state index contributed by atoms with van der Waals surface area (Å²) >= 11 is 7.74. The molecule has 3 nitrogen and oxygen atoms in total. The van der Waals surface area contributed by atoms with Crippen LogP contribution in [0.25, 0.3) is 0 Å². The van der Waals surface area contributed by atoms with Crippen LogP contribution in [0.5, 0.6) is 0 Å². The van der Waals surface area contributed by atoms with Crippen LogP contribution in [-0.2, 0) is 9.53 Å². The third-order valence-corrected chi connectivity index (χ3v) is 4.30. The highest BCUT2D eigenvalue weighted by molar-refractivity contribution is 8.00. The summed E-state index contributed by atoms with van der Waals surface area (Å²) in [4.78, 5) is 11.7. The van der Waals surface area contributed by atoms with Crippen molar-refractivity contribution < 1.29 is 9.53 Å². The van der Waals surface area contributed by atoms with E-state index >= 15 is 0 Å². The number of carbonyl (C=O) groups is 1. The number of amides is 1. The summed E-state index contributed by atoms with van der Waals surface area (Å²) in [7, 11) is 1.63. The molecule has 0 radical (unpaired) electrons. The maximum Gasteiger partial charge on any atom is 0.233 e. The van der Waals surface area contributed by atoms with Gasteiger partial charge in [-0.1, -0.05) is 6.42 Å². The van der Waals surface area contributed by atoms with Crippen LogP contribution in [0.15, 0.2) is 0 Å². The summed E-state index contributed by atoms with van der Waals surface area (Å²) in [6.45, 7) is 1.18. The number of thioether (sulfide) groups is 1. The quantitative estimate of drug-likeness (QED) is 0.747. The Morgan fingerprint density at radius 1 is 1.62 bits per heavy atom. The highest BCUT2D eigenvalue weighted by Gasteiger charge is 2.21. The number of halogens is 1. The van der Waals surface area contributed by atoms with E-state index in [0.717, 1.165) is 18.6 Å². The second-order valence-electron chi connectivity index (χ2n) is 3.99. The lowest BCUT2D eigenvalue weighted by Crippen LogP contribution is -2.35. The first-order valence-corrected chi connectivity index (χ1v) is 7.25. The molecule has 94 valence electrons. The molecule has 2 unspecified atom stereocenters. The molecule has 1 aliphatic rings. The minimum absolute atomic E-state index is 0.00990. The van der Waals surface area contributed by atoms with Crippen molar-refractivity contribution in [2.75, 3.05) is 26.0 Å². The van der Waals surface area contributed by atoms with Gasteiger partial charge in [0.1, 0.15) is 0 Å². The molecule has 1 rings (SSSR count). The van der Waals surface area contributed by atoms with Gasteiger partial charge in [0.05, 0.1) is 17.2 Å². The first-order valence-electron chi connectivity index (χ1n) is 5.76. The van der Waals surface area contributed by atoms with Gasteiger partial charge in [-0.15, -0.1) is 23.4 Å². The fraction of sp³-hybridized carbons (Fsp3) is 0.909. The Bertz CT molecular complexity index is 210. The molecule has 0 aromatic heterocycles. The molecule has 0 spiro atoms. The van der Waals surface area contributed by atoms with Crippen molar-refractivity contribution in [3.63, 3.8) is 0 Å². The second kappa shape index (κ2) is 8.20. The van der Waals surface area contributed by atoms with Crippen molar-refractivity contribution in [2.45, 2.75) is 36.3 Å². The number of carbonyl (C=O) groups excluding carboxylic acids is 1. The molecule has 1 amide bonds. The van der Waals surface area contributed by atoms with Crippen molar-refractivity contribution in [2.24, 2.45) is 0 Å². The number of ether oxygens (including phenoxy) is 1. The van der Waals surface area contributed by atoms with E-state index in [9.17, 15) is 4.79 Å². The van der Waals surface area contributed by atoms with E-state index in [1.54, 1.807) is 18.9 Å². The minimum atomic E-state index is -0.00990. The van der Waals surface area contributed by atoms with Crippen LogP contribution in [0.4, 0.5) is 0 Å². The molecular weight excluding hydrogens is 246 g/mol. The molecule has 0 saturated carbocycles. The predicted octanol–water partition coefficient (Wildman–Crippen LogP) is 2.03. The van der Waals surface area contributed by atoms with Gasteiger partial charge in [0, 0.05) is 13.7 Å². The topological polar surface area (TPSA) is 38.3 Å². The summed E-state index contributed by atoms with van der Waals surface area (Å²) in [6.07, 6.45) is 4.19. The highest BCUT2D eigenvalue weighted by Crippen LogP contribution is 2.24. The molecule has 0 aromatic rings. The molecule has 0 aliphatic carbocycles. The van der Waals surface area contributed by atoms with Crippen molar-refractivity contribution in [3.8, 4) is 0 Å². The van der Waals surface area contributed by atoms with Crippen molar-refractivity contribution in [1.29, 1.82) is 0 Å². The lowest BCUT2D eigenvalue weighted by Gasteiger charge is -2.20. The van der Waals surface area contributed by atoms with Gasteiger partial charge in [-0.2, -0.15) is 0 Å². The number of rotatable bonds is 6. The van der Waals surface area contributed by atoms with Crippen molar-refractivity contribution in [1.82, 2.24) is 5.32 Å². The molecule has 2 atom stereocenters. The van der Waals surface area contributed by atoms with Crippen LogP contribution >= 0.6 is 23.4 Å². The van der Waals surface area contributed by atoms with Gasteiger partial charge >= 0.3 is 0 Å². The van der Waals surface area contributed by atoms with Gasteiger partial charge in [-0.3, -0.25) is 4.79 Å². The maximum atomic E-state index is 11.7. The average Bonchev–Trinajstić information content (AvgIpc) is 2.30. The molecular formula is C11H20ClNO2S. The lowest BCUT2D eigenvalue weighted by atomic mass is 10.2. The highest BCUT2D eigenvalue weighted by atomic mass is 35.5. The predicted molar refractivity (Wildman–Crippen MR) is 69.2 cm³/mol. The van der Waals surface area contributed by atoms with Crippen LogP contribution < -0.4 is 5.32 Å². The molecule has 16 heavy (non-hydrogen) atoms. The number of methoxy groups -OCH3 is 1. The van der Waals surface area contributed by atoms with E-state index < -0.39 is 0 Å². The maximum absolute atomic E-state index is 11.7. The van der Waals surface area contributed by atoms with Crippen LogP contribution in [-0.4, -0.2) is 42.5 Å². The fourth-order valence-corrected chi connectivity index (χ4v) is 3.14. The summed E-state index contributed by atoms with van der Waals surface area (Å²) in [5.74, 6) is 1.28. The Hall–Kier alpha value is 0.0700. The Morgan fingerprint density at radius 2 is 2.44 bits per heavy atom. The Balaban J connectivity index is 2.09. The largest absolute Gasteiger partial charge is 0.383 e. The van der Waals surface area contributed by atoms with E-state index in [2.05, 4.69) is 5.32 Å². The van der Waals surface area contributed by atoms with E-state index in [1.165, 1.54) is 12.8 Å². The van der Waals surface area contributed by atoms with E-state index in [-0.39, 0.29) is 16.5 Å². The Morgan fingerprint density at radius 3 is 3.06 bits per heavy atom. The molecule has 0 bridgehead atoms. The van der Waals surface area contributed by atoms with Crippen LogP contribution in [0, 0.1) is 0 Å². The zero-order valence-corrected chi connectivity index (χ0v) is 11.3. The number of alkyl halides is 1. The SMILES string of the molecule is COCC(Cl)CCNC(=O)C1CCCCS1. The number of hydrogen-bond donors (Lipinski definition) is 1. The fourth-order valence-electron chi connectivity index (χ4n) is 1.68. The van der Waals surface area contributed by atoms with Crippen LogP contribution in [0.2, 0.25) is 0 Å². The normalized spacial score (nSPS) is 22.8. The standard InChI is InChI=1S/C11H20ClNO2S/c1-15-8-9(12)5-6-13-11(14)10-4-2-3-7-16-10/h9-10H,2-8H2,1H3,(H,13,14). The zero-order valence-electron chi connectivity index (χ0n) is 9.71. The summed E-state index contributed by atoms with van der Waals surface area (Å²) in [5, 5.41) is 3.09. The first kappa shape index (κ1) is 14.1. The lowest BCUT2D eigenvalue weighted by molar-refractivity contribution is -0.120. The number of nitrogens with one attached hydrogen (secondary N) is 1. The molecule has 1 fully saturated rings. The van der Waals surface area contributed by atoms with Crippen molar-refractivity contribution in [3.05, 3.63) is 0 Å². The molecule has 1 N–H and O–H groups in total. The summed E-state index contributed by atoms with van der Waals surface area (Å²) in [5.41, 5.74) is 0. The Labute approximate surface area is 107 Å². The average molecular weight is 266 g/mol. The monoisotopic (exact) mass is 265 g/mol. The second-order valence-corrected chi connectivity index (χ2v) is 5.92. The van der Waals surface area contributed by atoms with Gasteiger partial charge in [-0.25, -0.2) is 0 Å². The van der Waals surface area contributed by atoms with E-state index in [4.69, 9.17) is 16.3 Å². The number of hydrogen-bond acceptors (Lipinski definition) is 3. The Kier molecular flexibility index (Phi) is 7.25. The van der Waals surface area contributed by atoms with Gasteiger partial charge in [0.25, 0.3) is 0 Å². The first-order chi connectivity index (χ1) is 7.74. The molecule has 5 heteroatoms. The van der Waals surface area contributed by atoms with Gasteiger partial charge in [0.2, 0.25) is 5.91 Å². The van der Waals surface area contributed by atoms with Crippen LogP contribution in [0.3, 0.4) is 0 Å². The van der Waals surface area contributed by atoms with Gasteiger partial charge < -0.3 is 10.1 Å². The zero-order chi connectivity index (χ0) is 11.8. The minimum Gasteiger partial charge on any atom is -0.383 e. The third-order valence-electron chi connectivity index (χ3n) is 2.58. The summed E-state index contributed by atoms with van der Waals surface area (Å²) in [6, 6.07) is 0. The third kappa shape index (κ3) is 5.41. The molecule has 1 heterocycles. The summed E-state index contributed by atoms with van der Waals surface area (Å²) < 4.78 is 4.93. The molecule has 1 aliphatic heterocycles. The molecule has 1 saturated heterocycles. The van der Waals surface area contributed by atoms with E-state index in [1.807, 2.05) is 0 Å². The van der Waals surface area contributed by atoms with Gasteiger partial charge in [-0.05, 0) is 25.0 Å².